The zero-order chi connectivity index (χ0) is 12.1. The average molecular weight is 248 g/mol. The van der Waals surface area contributed by atoms with Crippen LogP contribution in [0.25, 0.3) is 0 Å². The van der Waals surface area contributed by atoms with Crippen molar-refractivity contribution < 1.29 is 0 Å². The van der Waals surface area contributed by atoms with Gasteiger partial charge in [0.25, 0.3) is 0 Å². The van der Waals surface area contributed by atoms with Crippen molar-refractivity contribution in [2.45, 2.75) is 6.54 Å². The molecule has 88 valence electrons. The Kier molecular flexibility index (Phi) is 3.61. The van der Waals surface area contributed by atoms with Gasteiger partial charge in [-0.1, -0.05) is 23.5 Å². The van der Waals surface area contributed by atoms with Crippen LogP contribution in [0.1, 0.15) is 5.69 Å². The van der Waals surface area contributed by atoms with E-state index in [-0.39, 0.29) is 0 Å². The van der Waals surface area contributed by atoms with Crippen LogP contribution in [0.2, 0.25) is 0 Å². The van der Waals surface area contributed by atoms with E-state index in [9.17, 15) is 0 Å². The first-order valence-electron chi connectivity index (χ1n) is 5.10. The van der Waals surface area contributed by atoms with E-state index < -0.39 is 0 Å². The van der Waals surface area contributed by atoms with Crippen molar-refractivity contribution in [3.8, 4) is 0 Å². The van der Waals surface area contributed by atoms with Gasteiger partial charge in [0, 0.05) is 12.7 Å². The van der Waals surface area contributed by atoms with Crippen molar-refractivity contribution >= 4 is 23.0 Å². The monoisotopic (exact) mass is 248 g/mol. The molecule has 2 rings (SSSR count). The van der Waals surface area contributed by atoms with Crippen molar-refractivity contribution in [2.75, 3.05) is 11.9 Å². The summed E-state index contributed by atoms with van der Waals surface area (Å²) in [6.45, 7) is 1.43. The molecular formula is C10H12N6S. The van der Waals surface area contributed by atoms with E-state index in [4.69, 9.17) is 18.0 Å². The van der Waals surface area contributed by atoms with E-state index >= 15 is 0 Å². The molecule has 0 radical (unpaired) electrons. The molecule has 2 heterocycles. The highest BCUT2D eigenvalue weighted by Crippen LogP contribution is 2.04. The Morgan fingerprint density at radius 1 is 1.47 bits per heavy atom. The fourth-order valence-corrected chi connectivity index (χ4v) is 1.43. The summed E-state index contributed by atoms with van der Waals surface area (Å²) < 4.78 is 1.74. The number of rotatable bonds is 5. The molecular weight excluding hydrogens is 236 g/mol. The quantitative estimate of drug-likeness (QED) is 0.746. The summed E-state index contributed by atoms with van der Waals surface area (Å²) in [5, 5.41) is 10.7. The summed E-state index contributed by atoms with van der Waals surface area (Å²) >= 11 is 4.86. The molecule has 0 aliphatic rings. The minimum Gasteiger partial charge on any atom is -0.388 e. The number of nitrogens with zero attached hydrogens (tertiary/aromatic N) is 4. The van der Waals surface area contributed by atoms with Crippen LogP contribution < -0.4 is 11.1 Å². The summed E-state index contributed by atoms with van der Waals surface area (Å²) in [7, 11) is 0. The minimum atomic E-state index is 0.296. The van der Waals surface area contributed by atoms with Gasteiger partial charge < -0.3 is 11.1 Å². The zero-order valence-electron chi connectivity index (χ0n) is 9.08. The highest BCUT2D eigenvalue weighted by atomic mass is 32.1. The maximum Gasteiger partial charge on any atom is 0.126 e. The molecule has 0 spiro atoms. The molecule has 0 unspecified atom stereocenters. The van der Waals surface area contributed by atoms with Gasteiger partial charge >= 0.3 is 0 Å². The van der Waals surface area contributed by atoms with Crippen molar-refractivity contribution in [1.29, 1.82) is 0 Å². The van der Waals surface area contributed by atoms with E-state index in [0.29, 0.717) is 17.2 Å². The number of thiocarbonyl (C=S) groups is 1. The fourth-order valence-electron chi connectivity index (χ4n) is 1.32. The van der Waals surface area contributed by atoms with Gasteiger partial charge in [-0.3, -0.25) is 4.68 Å². The van der Waals surface area contributed by atoms with Gasteiger partial charge in [0.15, 0.2) is 0 Å². The topological polar surface area (TPSA) is 81.6 Å². The van der Waals surface area contributed by atoms with E-state index in [1.54, 1.807) is 23.1 Å². The second kappa shape index (κ2) is 5.35. The lowest BCUT2D eigenvalue weighted by molar-refractivity contribution is 0.608. The lowest BCUT2D eigenvalue weighted by atomic mass is 10.3. The van der Waals surface area contributed by atoms with Crippen LogP contribution in [-0.2, 0) is 6.54 Å². The fraction of sp³-hybridized carbons (Fsp3) is 0.200. The lowest BCUT2D eigenvalue weighted by Crippen LogP contribution is -2.15. The Labute approximate surface area is 104 Å². The van der Waals surface area contributed by atoms with Crippen LogP contribution in [0, 0.1) is 0 Å². The predicted molar refractivity (Wildman–Crippen MR) is 68.6 cm³/mol. The average Bonchev–Trinajstić information content (AvgIpc) is 2.82. The van der Waals surface area contributed by atoms with Gasteiger partial charge in [-0.05, 0) is 12.1 Å². The van der Waals surface area contributed by atoms with E-state index in [0.717, 1.165) is 12.4 Å². The molecule has 2 aromatic heterocycles. The number of hydrogen-bond acceptors (Lipinski definition) is 5. The van der Waals surface area contributed by atoms with Crippen molar-refractivity contribution in [3.05, 3.63) is 36.3 Å². The Bertz CT molecular complexity index is 495. The largest absolute Gasteiger partial charge is 0.388 e. The summed E-state index contributed by atoms with van der Waals surface area (Å²) in [6, 6.07) is 5.51. The molecule has 0 aliphatic carbocycles. The van der Waals surface area contributed by atoms with E-state index in [1.807, 2.05) is 12.1 Å². The molecule has 0 fully saturated rings. The third-order valence-corrected chi connectivity index (χ3v) is 2.33. The Morgan fingerprint density at radius 2 is 2.35 bits per heavy atom. The second-order valence-electron chi connectivity index (χ2n) is 3.37. The highest BCUT2D eigenvalue weighted by Gasteiger charge is 1.99. The van der Waals surface area contributed by atoms with E-state index in [1.165, 1.54) is 0 Å². The molecule has 0 aromatic carbocycles. The SMILES string of the molecule is NC(=S)c1cccc(NCCn2ccnn2)n1. The second-order valence-corrected chi connectivity index (χ2v) is 3.81. The van der Waals surface area contributed by atoms with Crippen molar-refractivity contribution in [2.24, 2.45) is 5.73 Å². The maximum absolute atomic E-state index is 5.51. The van der Waals surface area contributed by atoms with Gasteiger partial charge in [-0.25, -0.2) is 4.98 Å². The molecule has 0 atom stereocenters. The molecule has 0 amide bonds. The Morgan fingerprint density at radius 3 is 3.06 bits per heavy atom. The Balaban J connectivity index is 1.90. The van der Waals surface area contributed by atoms with Gasteiger partial charge in [0.2, 0.25) is 0 Å². The van der Waals surface area contributed by atoms with Crippen LogP contribution in [0.15, 0.2) is 30.6 Å². The molecule has 0 saturated carbocycles. The summed E-state index contributed by atoms with van der Waals surface area (Å²) in [4.78, 5) is 4.56. The predicted octanol–water partition coefficient (Wildman–Crippen LogP) is 0.419. The first kappa shape index (κ1) is 11.5. The summed E-state index contributed by atoms with van der Waals surface area (Å²) in [5.41, 5.74) is 6.12. The molecule has 0 aliphatic heterocycles. The van der Waals surface area contributed by atoms with E-state index in [2.05, 4.69) is 20.6 Å². The van der Waals surface area contributed by atoms with Gasteiger partial charge in [0.05, 0.1) is 18.4 Å². The van der Waals surface area contributed by atoms with Gasteiger partial charge in [-0.2, -0.15) is 0 Å². The van der Waals surface area contributed by atoms with Crippen LogP contribution in [-0.4, -0.2) is 31.5 Å². The molecule has 7 heteroatoms. The lowest BCUT2D eigenvalue weighted by Gasteiger charge is -2.06. The standard InChI is InChI=1S/C10H12N6S/c11-10(17)8-2-1-3-9(14-8)12-4-6-16-7-5-13-15-16/h1-3,5,7H,4,6H2,(H2,11,17)(H,12,14). The number of nitrogens with two attached hydrogens (primary N) is 1. The number of aromatic nitrogens is 4. The summed E-state index contributed by atoms with van der Waals surface area (Å²) in [5.74, 6) is 0.746. The number of pyridine rings is 1. The molecule has 2 aromatic rings. The third kappa shape index (κ3) is 3.22. The number of anilines is 1. The molecule has 6 nitrogen and oxygen atoms in total. The van der Waals surface area contributed by atoms with Crippen LogP contribution in [0.3, 0.4) is 0 Å². The molecule has 0 bridgehead atoms. The zero-order valence-corrected chi connectivity index (χ0v) is 9.89. The van der Waals surface area contributed by atoms with Gasteiger partial charge in [-0.15, -0.1) is 5.10 Å². The number of hydrogen-bond donors (Lipinski definition) is 2. The maximum atomic E-state index is 5.51. The first-order chi connectivity index (χ1) is 8.25. The molecule has 17 heavy (non-hydrogen) atoms. The van der Waals surface area contributed by atoms with Crippen molar-refractivity contribution in [1.82, 2.24) is 20.0 Å². The van der Waals surface area contributed by atoms with Crippen LogP contribution in [0.4, 0.5) is 5.82 Å². The summed E-state index contributed by atoms with van der Waals surface area (Å²) in [6.07, 6.45) is 3.45. The smallest absolute Gasteiger partial charge is 0.126 e. The highest BCUT2D eigenvalue weighted by molar-refractivity contribution is 7.80. The van der Waals surface area contributed by atoms with Crippen LogP contribution >= 0.6 is 12.2 Å². The first-order valence-corrected chi connectivity index (χ1v) is 5.51. The molecule has 3 N–H and O–H groups in total. The molecule has 0 saturated heterocycles. The van der Waals surface area contributed by atoms with Crippen LogP contribution in [0.5, 0.6) is 0 Å². The third-order valence-electron chi connectivity index (χ3n) is 2.12. The minimum absolute atomic E-state index is 0.296. The Hall–Kier alpha value is -2.02. The van der Waals surface area contributed by atoms with Crippen molar-refractivity contribution in [3.63, 3.8) is 0 Å². The van der Waals surface area contributed by atoms with Gasteiger partial charge in [0.1, 0.15) is 10.8 Å². The number of nitrogens with one attached hydrogen (secondary N) is 1. The normalized spacial score (nSPS) is 10.1.